The summed E-state index contributed by atoms with van der Waals surface area (Å²) in [5, 5.41) is 14.3. The van der Waals surface area contributed by atoms with Crippen LogP contribution in [-0.4, -0.2) is 50.2 Å². The summed E-state index contributed by atoms with van der Waals surface area (Å²) in [5.74, 6) is -0.257. The fraction of sp³-hybridized carbons (Fsp3) is 0.300. The number of nitrogens with one attached hydrogen (secondary N) is 3. The molecule has 3 N–H and O–H groups in total. The van der Waals surface area contributed by atoms with Gasteiger partial charge < -0.3 is 20.4 Å². The fourth-order valence-corrected chi connectivity index (χ4v) is 3.27. The maximum atomic E-state index is 14.3. The van der Waals surface area contributed by atoms with Crippen molar-refractivity contribution >= 4 is 34.0 Å². The second kappa shape index (κ2) is 8.07. The van der Waals surface area contributed by atoms with E-state index < -0.39 is 11.7 Å². The van der Waals surface area contributed by atoms with Gasteiger partial charge in [-0.3, -0.25) is 9.48 Å². The van der Waals surface area contributed by atoms with Crippen LogP contribution in [0.2, 0.25) is 0 Å². The number of hydrogen-bond acceptors (Lipinski definition) is 6. The minimum atomic E-state index is -0.511. The summed E-state index contributed by atoms with van der Waals surface area (Å²) in [4.78, 5) is 21.5. The number of amides is 1. The van der Waals surface area contributed by atoms with Crippen LogP contribution in [0.1, 0.15) is 23.0 Å². The van der Waals surface area contributed by atoms with Gasteiger partial charge in [-0.2, -0.15) is 5.10 Å². The van der Waals surface area contributed by atoms with Gasteiger partial charge in [0, 0.05) is 50.5 Å². The number of aromatic nitrogens is 5. The van der Waals surface area contributed by atoms with E-state index in [4.69, 9.17) is 0 Å². The lowest BCUT2D eigenvalue weighted by Gasteiger charge is -2.09. The average molecular weight is 410 g/mol. The van der Waals surface area contributed by atoms with Crippen molar-refractivity contribution in [3.63, 3.8) is 0 Å². The Morgan fingerprint density at radius 3 is 2.83 bits per heavy atom. The summed E-state index contributed by atoms with van der Waals surface area (Å²) in [5.41, 5.74) is 2.08. The lowest BCUT2D eigenvalue weighted by molar-refractivity contribution is 0.102. The number of pyridine rings is 2. The molecule has 0 aliphatic rings. The maximum Gasteiger partial charge on any atom is 0.259 e. The topological polar surface area (TPSA) is 101 Å². The Hall–Kier alpha value is -3.53. The van der Waals surface area contributed by atoms with Crippen LogP contribution in [0, 0.1) is 12.7 Å². The molecule has 0 aliphatic carbocycles. The van der Waals surface area contributed by atoms with Crippen molar-refractivity contribution < 1.29 is 9.18 Å². The van der Waals surface area contributed by atoms with Crippen molar-refractivity contribution in [2.75, 3.05) is 30.8 Å². The molecule has 0 bridgehead atoms. The smallest absolute Gasteiger partial charge is 0.259 e. The van der Waals surface area contributed by atoms with E-state index >= 15 is 0 Å². The third kappa shape index (κ3) is 3.69. The minimum Gasteiger partial charge on any atom is -0.368 e. The number of hydrogen-bond donors (Lipinski definition) is 3. The summed E-state index contributed by atoms with van der Waals surface area (Å²) < 4.78 is 17.6. The first-order chi connectivity index (χ1) is 14.5. The van der Waals surface area contributed by atoms with Crippen molar-refractivity contribution in [2.24, 2.45) is 0 Å². The molecule has 0 aromatic carbocycles. The summed E-state index contributed by atoms with van der Waals surface area (Å²) in [7, 11) is 1.87. The molecule has 4 rings (SSSR count). The predicted octanol–water partition coefficient (Wildman–Crippen LogP) is 2.43. The van der Waals surface area contributed by atoms with Crippen LogP contribution in [0.15, 0.2) is 30.9 Å². The first kappa shape index (κ1) is 19.8. The highest BCUT2D eigenvalue weighted by molar-refractivity contribution is 6.13. The van der Waals surface area contributed by atoms with Crippen LogP contribution in [0.4, 0.5) is 15.9 Å². The van der Waals surface area contributed by atoms with Gasteiger partial charge >= 0.3 is 0 Å². The number of carbonyl (C=O) groups is 1. The monoisotopic (exact) mass is 410 g/mol. The highest BCUT2D eigenvalue weighted by Gasteiger charge is 2.18. The summed E-state index contributed by atoms with van der Waals surface area (Å²) in [6, 6.07) is 1.25. The molecule has 0 atom stereocenters. The van der Waals surface area contributed by atoms with Gasteiger partial charge in [-0.05, 0) is 20.9 Å². The molecule has 0 saturated heterocycles. The zero-order chi connectivity index (χ0) is 21.3. The van der Waals surface area contributed by atoms with Crippen LogP contribution >= 0.6 is 0 Å². The summed E-state index contributed by atoms with van der Waals surface area (Å²) in [6.45, 7) is 5.87. The van der Waals surface area contributed by atoms with Crippen LogP contribution in [0.25, 0.3) is 16.6 Å². The number of fused-ring (bicyclic) bond motifs is 2. The molecule has 9 nitrogen and oxygen atoms in total. The number of anilines is 2. The largest absolute Gasteiger partial charge is 0.368 e. The second-order valence-corrected chi connectivity index (χ2v) is 6.94. The van der Waals surface area contributed by atoms with Crippen molar-refractivity contribution in [1.82, 2.24) is 29.5 Å². The summed E-state index contributed by atoms with van der Waals surface area (Å²) >= 11 is 0. The molecule has 1 amide bonds. The van der Waals surface area contributed by atoms with E-state index in [-0.39, 0.29) is 5.65 Å². The molecular formula is C20H23FN8O. The minimum absolute atomic E-state index is 0.216. The van der Waals surface area contributed by atoms with E-state index in [0.29, 0.717) is 41.4 Å². The van der Waals surface area contributed by atoms with Gasteiger partial charge in [-0.1, -0.05) is 0 Å². The third-order valence-corrected chi connectivity index (χ3v) is 4.72. The lowest BCUT2D eigenvalue weighted by atomic mass is 10.2. The maximum absolute atomic E-state index is 14.3. The van der Waals surface area contributed by atoms with Gasteiger partial charge in [0.2, 0.25) is 0 Å². The number of rotatable bonds is 7. The number of likely N-dealkylation sites (N-methyl/N-ethyl adjacent to an activating group) is 1. The standard InChI is InChI=1S/C20H23FN8O/c1-4-29-11-15-17(27-29)14(8-24-18(15)23-6-5-22-3)20(30)26-13-7-16(21)19-25-12(2)9-28(19)10-13/h7-11,22H,4-6H2,1-3H3,(H,23,24)(H,26,30). The molecule has 30 heavy (non-hydrogen) atoms. The number of imidazole rings is 1. The van der Waals surface area contributed by atoms with Crippen LogP contribution in [0.5, 0.6) is 0 Å². The van der Waals surface area contributed by atoms with Crippen molar-refractivity contribution in [2.45, 2.75) is 20.4 Å². The highest BCUT2D eigenvalue weighted by atomic mass is 19.1. The molecule has 4 aromatic rings. The van der Waals surface area contributed by atoms with Gasteiger partial charge in [0.05, 0.1) is 22.3 Å². The first-order valence-corrected chi connectivity index (χ1v) is 9.71. The molecule has 0 radical (unpaired) electrons. The zero-order valence-corrected chi connectivity index (χ0v) is 17.0. The van der Waals surface area contributed by atoms with Crippen LogP contribution < -0.4 is 16.0 Å². The van der Waals surface area contributed by atoms with E-state index in [1.54, 1.807) is 28.4 Å². The molecule has 0 aliphatic heterocycles. The molecule has 0 saturated carbocycles. The third-order valence-electron chi connectivity index (χ3n) is 4.72. The molecule has 4 heterocycles. The average Bonchev–Trinajstić information content (AvgIpc) is 3.31. The Labute approximate surface area is 172 Å². The molecular weight excluding hydrogens is 387 g/mol. The predicted molar refractivity (Wildman–Crippen MR) is 113 cm³/mol. The van der Waals surface area contributed by atoms with Gasteiger partial charge in [0.25, 0.3) is 5.91 Å². The highest BCUT2D eigenvalue weighted by Crippen LogP contribution is 2.25. The fourth-order valence-electron chi connectivity index (χ4n) is 3.27. The quantitative estimate of drug-likeness (QED) is 0.405. The van der Waals surface area contributed by atoms with Gasteiger partial charge in [-0.15, -0.1) is 0 Å². The number of aryl methyl sites for hydroxylation is 2. The number of halogens is 1. The zero-order valence-electron chi connectivity index (χ0n) is 17.0. The van der Waals surface area contributed by atoms with Gasteiger partial charge in [-0.25, -0.2) is 14.4 Å². The molecule has 0 fully saturated rings. The molecule has 156 valence electrons. The van der Waals surface area contributed by atoms with Gasteiger partial charge in [0.1, 0.15) is 11.3 Å². The van der Waals surface area contributed by atoms with Crippen LogP contribution in [0.3, 0.4) is 0 Å². The normalized spacial score (nSPS) is 11.3. The number of carbonyl (C=O) groups excluding carboxylic acids is 1. The number of nitrogens with zero attached hydrogens (tertiary/aromatic N) is 5. The van der Waals surface area contributed by atoms with Crippen molar-refractivity contribution in [1.29, 1.82) is 0 Å². The van der Waals surface area contributed by atoms with Crippen molar-refractivity contribution in [3.05, 3.63) is 47.9 Å². The van der Waals surface area contributed by atoms with E-state index in [0.717, 1.165) is 11.9 Å². The molecule has 4 aromatic heterocycles. The van der Waals surface area contributed by atoms with Crippen molar-refractivity contribution in [3.8, 4) is 0 Å². The Kier molecular flexibility index (Phi) is 5.32. The van der Waals surface area contributed by atoms with E-state index in [1.165, 1.54) is 12.3 Å². The lowest BCUT2D eigenvalue weighted by Crippen LogP contribution is -2.19. The van der Waals surface area contributed by atoms with Crippen LogP contribution in [-0.2, 0) is 6.54 Å². The van der Waals surface area contributed by atoms with E-state index in [1.807, 2.05) is 20.2 Å². The Morgan fingerprint density at radius 2 is 2.07 bits per heavy atom. The summed E-state index contributed by atoms with van der Waals surface area (Å²) in [6.07, 6.45) is 6.67. The van der Waals surface area contributed by atoms with Gasteiger partial charge in [0.15, 0.2) is 11.5 Å². The molecule has 0 unspecified atom stereocenters. The Balaban J connectivity index is 1.67. The second-order valence-electron chi connectivity index (χ2n) is 6.94. The van der Waals surface area contributed by atoms with E-state index in [2.05, 4.69) is 31.0 Å². The first-order valence-electron chi connectivity index (χ1n) is 9.71. The van der Waals surface area contributed by atoms with E-state index in [9.17, 15) is 9.18 Å². The molecule has 0 spiro atoms. The Morgan fingerprint density at radius 1 is 1.23 bits per heavy atom. The Bertz CT molecular complexity index is 1230. The SMILES string of the molecule is CCn1cc2c(NCCNC)ncc(C(=O)Nc3cc(F)c4nc(C)cn4c3)c2n1. The molecule has 10 heteroatoms.